The van der Waals surface area contributed by atoms with Crippen LogP contribution in [0.2, 0.25) is 10.0 Å². The Labute approximate surface area is 134 Å². The molecule has 0 radical (unpaired) electrons. The number of hydrogen-bond acceptors (Lipinski definition) is 2. The van der Waals surface area contributed by atoms with Gasteiger partial charge in [-0.1, -0.05) is 41.4 Å². The molecule has 0 spiro atoms. The zero-order chi connectivity index (χ0) is 15.0. The normalized spacial score (nSPS) is 16.2. The summed E-state index contributed by atoms with van der Waals surface area (Å²) in [5.74, 6) is 0.853. The molecule has 1 unspecified atom stereocenters. The summed E-state index contributed by atoms with van der Waals surface area (Å²) in [4.78, 5) is 0. The minimum atomic E-state index is -1.08. The molecule has 1 aliphatic heterocycles. The van der Waals surface area contributed by atoms with E-state index in [2.05, 4.69) is 0 Å². The van der Waals surface area contributed by atoms with Crippen LogP contribution in [-0.4, -0.2) is 11.7 Å². The number of aliphatic hydroxyl groups is 1. The van der Waals surface area contributed by atoms with E-state index in [1.54, 1.807) is 13.0 Å². The van der Waals surface area contributed by atoms with E-state index >= 15 is 0 Å². The fraction of sp³-hybridized carbons (Fsp3) is 0.294. The Morgan fingerprint density at radius 2 is 2.00 bits per heavy atom. The highest BCUT2D eigenvalue weighted by molar-refractivity contribution is 6.31. The van der Waals surface area contributed by atoms with Crippen LogP contribution in [0.4, 0.5) is 0 Å². The van der Waals surface area contributed by atoms with Crippen LogP contribution in [0.5, 0.6) is 5.75 Å². The van der Waals surface area contributed by atoms with Gasteiger partial charge in [0.1, 0.15) is 5.75 Å². The second-order valence-electron chi connectivity index (χ2n) is 5.58. The van der Waals surface area contributed by atoms with Gasteiger partial charge in [0.05, 0.1) is 12.2 Å². The molecule has 0 saturated carbocycles. The van der Waals surface area contributed by atoms with Gasteiger partial charge in [-0.15, -0.1) is 0 Å². The molecule has 1 atom stereocenters. The number of rotatable bonds is 3. The summed E-state index contributed by atoms with van der Waals surface area (Å²) in [7, 11) is 0. The topological polar surface area (TPSA) is 29.5 Å². The number of benzene rings is 2. The van der Waals surface area contributed by atoms with Crippen molar-refractivity contribution in [1.29, 1.82) is 0 Å². The van der Waals surface area contributed by atoms with E-state index in [-0.39, 0.29) is 0 Å². The largest absolute Gasteiger partial charge is 0.493 e. The summed E-state index contributed by atoms with van der Waals surface area (Å²) in [5, 5.41) is 12.1. The molecular weight excluding hydrogens is 307 g/mol. The predicted molar refractivity (Wildman–Crippen MR) is 85.4 cm³/mol. The quantitative estimate of drug-likeness (QED) is 0.908. The molecule has 2 aromatic carbocycles. The fourth-order valence-electron chi connectivity index (χ4n) is 2.84. The van der Waals surface area contributed by atoms with E-state index in [0.717, 1.165) is 23.3 Å². The summed E-state index contributed by atoms with van der Waals surface area (Å²) in [6.07, 6.45) is 1.26. The first-order valence-corrected chi connectivity index (χ1v) is 7.64. The Bertz CT molecular complexity index is 680. The first-order chi connectivity index (χ1) is 9.97. The van der Waals surface area contributed by atoms with Gasteiger partial charge in [0, 0.05) is 28.5 Å². The lowest BCUT2D eigenvalue weighted by Crippen LogP contribution is -2.25. The average molecular weight is 323 g/mol. The number of ether oxygens (including phenoxy) is 1. The molecule has 0 saturated heterocycles. The Hall–Kier alpha value is -1.22. The Balaban J connectivity index is 1.99. The van der Waals surface area contributed by atoms with Crippen molar-refractivity contribution in [2.75, 3.05) is 6.61 Å². The molecule has 21 heavy (non-hydrogen) atoms. The molecule has 2 nitrogen and oxygen atoms in total. The van der Waals surface area contributed by atoms with Gasteiger partial charge < -0.3 is 9.84 Å². The third-order valence-electron chi connectivity index (χ3n) is 3.81. The molecule has 4 heteroatoms. The van der Waals surface area contributed by atoms with Gasteiger partial charge >= 0.3 is 0 Å². The molecule has 0 fully saturated rings. The van der Waals surface area contributed by atoms with Crippen molar-refractivity contribution < 1.29 is 9.84 Å². The van der Waals surface area contributed by atoms with Crippen molar-refractivity contribution in [3.05, 3.63) is 63.1 Å². The summed E-state index contributed by atoms with van der Waals surface area (Å²) >= 11 is 12.4. The van der Waals surface area contributed by atoms with Crippen LogP contribution in [0.1, 0.15) is 23.6 Å². The summed E-state index contributed by atoms with van der Waals surface area (Å²) < 4.78 is 5.69. The molecule has 110 valence electrons. The van der Waals surface area contributed by atoms with Gasteiger partial charge in [0.25, 0.3) is 0 Å². The monoisotopic (exact) mass is 322 g/mol. The zero-order valence-corrected chi connectivity index (χ0v) is 13.2. The Morgan fingerprint density at radius 1 is 1.24 bits per heavy atom. The molecule has 1 aliphatic rings. The van der Waals surface area contributed by atoms with E-state index in [9.17, 15) is 5.11 Å². The van der Waals surface area contributed by atoms with Crippen LogP contribution in [0.3, 0.4) is 0 Å². The SMILES string of the molecule is CC(O)(Cc1cc(Cl)cc2c1OCC2)c1ccccc1Cl. The highest BCUT2D eigenvalue weighted by Crippen LogP contribution is 2.38. The molecule has 0 bridgehead atoms. The Kier molecular flexibility index (Phi) is 3.87. The first-order valence-electron chi connectivity index (χ1n) is 6.89. The maximum Gasteiger partial charge on any atom is 0.126 e. The second-order valence-corrected chi connectivity index (χ2v) is 6.43. The van der Waals surface area contributed by atoms with Gasteiger partial charge in [0.2, 0.25) is 0 Å². The molecule has 2 aromatic rings. The lowest BCUT2D eigenvalue weighted by molar-refractivity contribution is 0.0570. The lowest BCUT2D eigenvalue weighted by atomic mass is 9.88. The van der Waals surface area contributed by atoms with Crippen molar-refractivity contribution in [2.45, 2.75) is 25.4 Å². The number of hydrogen-bond donors (Lipinski definition) is 1. The van der Waals surface area contributed by atoms with Crippen molar-refractivity contribution in [2.24, 2.45) is 0 Å². The van der Waals surface area contributed by atoms with Crippen LogP contribution < -0.4 is 4.74 Å². The zero-order valence-electron chi connectivity index (χ0n) is 11.7. The van der Waals surface area contributed by atoms with Crippen molar-refractivity contribution in [1.82, 2.24) is 0 Å². The van der Waals surface area contributed by atoms with Gasteiger partial charge in [-0.05, 0) is 36.2 Å². The Morgan fingerprint density at radius 3 is 2.76 bits per heavy atom. The van der Waals surface area contributed by atoms with Crippen LogP contribution >= 0.6 is 23.2 Å². The highest BCUT2D eigenvalue weighted by atomic mass is 35.5. The van der Waals surface area contributed by atoms with Gasteiger partial charge in [-0.2, -0.15) is 0 Å². The van der Waals surface area contributed by atoms with E-state index in [0.29, 0.717) is 28.6 Å². The van der Waals surface area contributed by atoms with Gasteiger partial charge in [-0.3, -0.25) is 0 Å². The molecule has 1 N–H and O–H groups in total. The van der Waals surface area contributed by atoms with Crippen molar-refractivity contribution >= 4 is 23.2 Å². The number of halogens is 2. The minimum Gasteiger partial charge on any atom is -0.493 e. The third-order valence-corrected chi connectivity index (χ3v) is 4.36. The summed E-state index contributed by atoms with van der Waals surface area (Å²) in [6.45, 7) is 2.42. The minimum absolute atomic E-state index is 0.402. The maximum absolute atomic E-state index is 10.9. The van der Waals surface area contributed by atoms with Gasteiger partial charge in [0.15, 0.2) is 0 Å². The standard InChI is InChI=1S/C17H16Cl2O2/c1-17(20,14-4-2-3-5-15(14)19)10-12-9-13(18)8-11-6-7-21-16(11)12/h2-5,8-9,20H,6-7,10H2,1H3. The third kappa shape index (κ3) is 2.89. The van der Waals surface area contributed by atoms with Crippen molar-refractivity contribution in [3.63, 3.8) is 0 Å². The molecule has 0 aliphatic carbocycles. The van der Waals surface area contributed by atoms with E-state index in [1.807, 2.05) is 30.3 Å². The fourth-order valence-corrected chi connectivity index (χ4v) is 3.44. The highest BCUT2D eigenvalue weighted by Gasteiger charge is 2.29. The molecule has 1 heterocycles. The van der Waals surface area contributed by atoms with Crippen LogP contribution in [0.25, 0.3) is 0 Å². The lowest BCUT2D eigenvalue weighted by Gasteiger charge is -2.26. The van der Waals surface area contributed by atoms with Gasteiger partial charge in [-0.25, -0.2) is 0 Å². The first kappa shape index (κ1) is 14.7. The van der Waals surface area contributed by atoms with Crippen molar-refractivity contribution in [3.8, 4) is 5.75 Å². The average Bonchev–Trinajstić information content (AvgIpc) is 2.86. The molecule has 0 amide bonds. The summed E-state index contributed by atoms with van der Waals surface area (Å²) in [6, 6.07) is 11.1. The molecular formula is C17H16Cl2O2. The maximum atomic E-state index is 10.9. The van der Waals surface area contributed by atoms with E-state index in [4.69, 9.17) is 27.9 Å². The summed E-state index contributed by atoms with van der Waals surface area (Å²) in [5.41, 5.74) is 1.65. The smallest absolute Gasteiger partial charge is 0.126 e. The molecule has 0 aromatic heterocycles. The van der Waals surface area contributed by atoms with Crippen LogP contribution in [0.15, 0.2) is 36.4 Å². The number of fused-ring (bicyclic) bond motifs is 1. The molecule has 3 rings (SSSR count). The van der Waals surface area contributed by atoms with Crippen LogP contribution in [0, 0.1) is 0 Å². The van der Waals surface area contributed by atoms with Crippen LogP contribution in [-0.2, 0) is 18.4 Å². The second kappa shape index (κ2) is 5.53. The van der Waals surface area contributed by atoms with E-state index in [1.165, 1.54) is 0 Å². The van der Waals surface area contributed by atoms with E-state index < -0.39 is 5.60 Å². The predicted octanol–water partition coefficient (Wildman–Crippen LogP) is 4.38.